The summed E-state index contributed by atoms with van der Waals surface area (Å²) in [7, 11) is 0. The molecule has 36 heavy (non-hydrogen) atoms. The first-order valence-electron chi connectivity index (χ1n) is 10.9. The molecule has 1 aromatic heterocycles. The highest BCUT2D eigenvalue weighted by Crippen LogP contribution is 2.32. The summed E-state index contributed by atoms with van der Waals surface area (Å²) in [5.41, 5.74) is 0.413. The van der Waals surface area contributed by atoms with Crippen LogP contribution in [0.5, 0.6) is 17.2 Å². The van der Waals surface area contributed by atoms with E-state index in [2.05, 4.69) is 4.98 Å². The number of hydrogen-bond acceptors (Lipinski definition) is 7. The van der Waals surface area contributed by atoms with Crippen LogP contribution in [0, 0.1) is 11.5 Å². The van der Waals surface area contributed by atoms with Crippen LogP contribution < -0.4 is 4.74 Å². The van der Waals surface area contributed by atoms with E-state index in [0.29, 0.717) is 22.0 Å². The van der Waals surface area contributed by atoms with Crippen LogP contribution in [0.15, 0.2) is 85.1 Å². The number of para-hydroxylation sites is 1. The number of hydrogen-bond donors (Lipinski definition) is 3. The molecule has 4 aromatic rings. The number of amides is 1. The number of carbonyl (C=O) groups excluding carboxylic acids is 1. The van der Waals surface area contributed by atoms with Gasteiger partial charge in [-0.25, -0.2) is 14.7 Å². The van der Waals surface area contributed by atoms with Gasteiger partial charge in [0.25, 0.3) is 5.91 Å². The molecular weight excluding hydrogens is 462 g/mol. The third-order valence-electron chi connectivity index (χ3n) is 5.58. The number of aliphatic hydroxyl groups is 1. The first-order chi connectivity index (χ1) is 17.4. The second-order valence-electron chi connectivity index (χ2n) is 7.93. The zero-order valence-electron chi connectivity index (χ0n) is 18.9. The third-order valence-corrected chi connectivity index (χ3v) is 5.58. The van der Waals surface area contributed by atoms with Crippen molar-refractivity contribution in [2.24, 2.45) is 0 Å². The molecular formula is C27H21N3O6. The zero-order chi connectivity index (χ0) is 25.7. The van der Waals surface area contributed by atoms with Crippen molar-refractivity contribution in [3.05, 3.63) is 96.3 Å². The molecule has 0 aliphatic carbocycles. The average Bonchev–Trinajstić information content (AvgIpc) is 2.89. The third kappa shape index (κ3) is 5.09. The molecule has 2 unspecified atom stereocenters. The first-order valence-corrected chi connectivity index (χ1v) is 10.9. The minimum absolute atomic E-state index is 0.0913. The number of aromatic nitrogens is 1. The Labute approximate surface area is 206 Å². The van der Waals surface area contributed by atoms with Crippen molar-refractivity contribution in [3.8, 4) is 23.4 Å². The Kier molecular flexibility index (Phi) is 7.09. The van der Waals surface area contributed by atoms with Gasteiger partial charge in [-0.1, -0.05) is 48.5 Å². The number of carbonyl (C=O) groups is 2. The number of nitrogens with zero attached hydrogens (tertiary/aromatic N) is 3. The van der Waals surface area contributed by atoms with Gasteiger partial charge in [0.15, 0.2) is 12.3 Å². The largest absolute Gasteiger partial charge is 0.506 e. The summed E-state index contributed by atoms with van der Waals surface area (Å²) in [6.07, 6.45) is 0.665. The summed E-state index contributed by atoms with van der Waals surface area (Å²) >= 11 is 0. The first kappa shape index (κ1) is 24.2. The number of carboxylic acids is 1. The van der Waals surface area contributed by atoms with E-state index in [0.717, 1.165) is 6.20 Å². The van der Waals surface area contributed by atoms with Crippen molar-refractivity contribution in [2.75, 3.05) is 0 Å². The molecule has 1 heterocycles. The summed E-state index contributed by atoms with van der Waals surface area (Å²) in [5.74, 6) is -1.80. The predicted octanol–water partition coefficient (Wildman–Crippen LogP) is 3.71. The van der Waals surface area contributed by atoms with Gasteiger partial charge in [0.2, 0.25) is 0 Å². The maximum atomic E-state index is 13.5. The molecule has 9 nitrogen and oxygen atoms in total. The average molecular weight is 483 g/mol. The van der Waals surface area contributed by atoms with Gasteiger partial charge >= 0.3 is 5.97 Å². The molecule has 180 valence electrons. The number of rotatable bonds is 8. The lowest BCUT2D eigenvalue weighted by molar-refractivity contribution is -0.149. The van der Waals surface area contributed by atoms with Crippen molar-refractivity contribution in [1.82, 2.24) is 9.88 Å². The monoisotopic (exact) mass is 483 g/mol. The number of pyridine rings is 1. The molecule has 0 bridgehead atoms. The topological polar surface area (TPSA) is 144 Å². The number of carboxylic acid groups (broad SMARTS) is 1. The maximum absolute atomic E-state index is 13.5. The van der Waals surface area contributed by atoms with Crippen LogP contribution in [-0.2, 0) is 11.2 Å². The van der Waals surface area contributed by atoms with E-state index < -0.39 is 24.0 Å². The molecule has 9 heteroatoms. The Bertz CT molecular complexity index is 1440. The summed E-state index contributed by atoms with van der Waals surface area (Å²) in [4.78, 5) is 29.8. The molecule has 0 fully saturated rings. The Balaban J connectivity index is 1.76. The van der Waals surface area contributed by atoms with Gasteiger partial charge in [-0.05, 0) is 42.3 Å². The summed E-state index contributed by atoms with van der Waals surface area (Å²) in [5, 5.41) is 40.5. The predicted molar refractivity (Wildman–Crippen MR) is 129 cm³/mol. The lowest BCUT2D eigenvalue weighted by Gasteiger charge is -2.27. The van der Waals surface area contributed by atoms with E-state index in [1.54, 1.807) is 72.9 Å². The number of benzene rings is 3. The second-order valence-corrected chi connectivity index (χ2v) is 7.93. The highest BCUT2D eigenvalue weighted by atomic mass is 16.5. The van der Waals surface area contributed by atoms with E-state index in [9.17, 15) is 30.2 Å². The summed E-state index contributed by atoms with van der Waals surface area (Å²) < 4.78 is 5.83. The quantitative estimate of drug-likeness (QED) is 0.254. The fourth-order valence-corrected chi connectivity index (χ4v) is 3.81. The van der Waals surface area contributed by atoms with Crippen molar-refractivity contribution in [3.63, 3.8) is 0 Å². The lowest BCUT2D eigenvalue weighted by Crippen LogP contribution is -2.49. The lowest BCUT2D eigenvalue weighted by atomic mass is 9.99. The van der Waals surface area contributed by atoms with Gasteiger partial charge < -0.3 is 20.1 Å². The smallest absolute Gasteiger partial charge is 0.334 e. The summed E-state index contributed by atoms with van der Waals surface area (Å²) in [6.45, 7) is 0. The van der Waals surface area contributed by atoms with Crippen molar-refractivity contribution in [2.45, 2.75) is 18.6 Å². The molecule has 1 amide bonds. The molecule has 0 spiro atoms. The number of aliphatic hydroxyl groups excluding tert-OH is 1. The number of aliphatic carboxylic acids is 1. The Morgan fingerprint density at radius 2 is 1.64 bits per heavy atom. The molecule has 4 rings (SSSR count). The van der Waals surface area contributed by atoms with Crippen LogP contribution in [0.2, 0.25) is 0 Å². The Hall–Kier alpha value is -4.94. The fraction of sp³-hybridized carbons (Fsp3) is 0.111. The number of ether oxygens (including phenoxy) is 1. The molecule has 0 saturated heterocycles. The zero-order valence-corrected chi connectivity index (χ0v) is 18.9. The molecule has 0 aliphatic heterocycles. The van der Waals surface area contributed by atoms with Crippen LogP contribution in [0.4, 0.5) is 0 Å². The van der Waals surface area contributed by atoms with E-state index in [-0.39, 0.29) is 28.6 Å². The highest BCUT2D eigenvalue weighted by molar-refractivity contribution is 6.07. The van der Waals surface area contributed by atoms with Crippen LogP contribution in [0.3, 0.4) is 0 Å². The van der Waals surface area contributed by atoms with Gasteiger partial charge in [0.1, 0.15) is 22.9 Å². The molecule has 3 N–H and O–H groups in total. The number of fused-ring (bicyclic) bond motifs is 1. The normalized spacial score (nSPS) is 12.3. The van der Waals surface area contributed by atoms with E-state index in [1.807, 2.05) is 6.07 Å². The van der Waals surface area contributed by atoms with Crippen molar-refractivity contribution >= 4 is 22.6 Å². The maximum Gasteiger partial charge on any atom is 0.334 e. The minimum Gasteiger partial charge on any atom is -0.506 e. The van der Waals surface area contributed by atoms with Crippen LogP contribution >= 0.6 is 0 Å². The number of nitriles is 1. The van der Waals surface area contributed by atoms with Gasteiger partial charge in [-0.3, -0.25) is 4.79 Å². The van der Waals surface area contributed by atoms with E-state index >= 15 is 0 Å². The van der Waals surface area contributed by atoms with Gasteiger partial charge in [0.05, 0.1) is 12.2 Å². The van der Waals surface area contributed by atoms with E-state index in [4.69, 9.17) is 4.74 Å². The molecule has 0 saturated carbocycles. The standard InChI is InChI=1S/C27H21N3O6/c28-16-30(22(25(32)27(34)35)13-17-7-3-1-4-8-17)26(33)24-21-14-19(36-18-9-5-2-6-10-18)11-12-20(21)23(31)15-29-24/h1-12,14-15,22,25,31-32H,13H2,(H,34,35). The molecule has 3 aromatic carbocycles. The van der Waals surface area contributed by atoms with Crippen molar-refractivity contribution in [1.29, 1.82) is 5.26 Å². The van der Waals surface area contributed by atoms with Crippen LogP contribution in [0.25, 0.3) is 10.8 Å². The van der Waals surface area contributed by atoms with Gasteiger partial charge in [-0.2, -0.15) is 5.26 Å². The number of aromatic hydroxyl groups is 1. The van der Waals surface area contributed by atoms with E-state index in [1.165, 1.54) is 6.07 Å². The van der Waals surface area contributed by atoms with Gasteiger partial charge in [-0.15, -0.1) is 0 Å². The SMILES string of the molecule is N#CN(C(=O)c1ncc(O)c2ccc(Oc3ccccc3)cc12)C(Cc1ccccc1)C(O)C(=O)O. The fourth-order valence-electron chi connectivity index (χ4n) is 3.81. The second kappa shape index (κ2) is 10.5. The molecule has 0 radical (unpaired) electrons. The van der Waals surface area contributed by atoms with Gasteiger partial charge in [0, 0.05) is 10.8 Å². The van der Waals surface area contributed by atoms with Crippen LogP contribution in [-0.4, -0.2) is 49.2 Å². The Morgan fingerprint density at radius 1 is 0.972 bits per heavy atom. The van der Waals surface area contributed by atoms with Crippen molar-refractivity contribution < 1.29 is 29.6 Å². The Morgan fingerprint density at radius 3 is 2.28 bits per heavy atom. The molecule has 0 aliphatic rings. The minimum atomic E-state index is -2.03. The summed E-state index contributed by atoms with van der Waals surface area (Å²) in [6, 6.07) is 20.8. The highest BCUT2D eigenvalue weighted by Gasteiger charge is 2.36. The van der Waals surface area contributed by atoms with Crippen LogP contribution in [0.1, 0.15) is 16.1 Å². The molecule has 2 atom stereocenters.